The summed E-state index contributed by atoms with van der Waals surface area (Å²) in [5, 5.41) is 87.2. The third kappa shape index (κ3) is 32.2. The van der Waals surface area contributed by atoms with Crippen molar-refractivity contribution in [2.24, 2.45) is 0 Å². The minimum absolute atomic E-state index is 0.200. The van der Waals surface area contributed by atoms with Gasteiger partial charge in [0, 0.05) is 6.42 Å². The van der Waals surface area contributed by atoms with E-state index in [2.05, 4.69) is 19.2 Å². The molecule has 14 heteroatoms. The summed E-state index contributed by atoms with van der Waals surface area (Å²) in [4.78, 5) is 13.3. The highest BCUT2D eigenvalue weighted by molar-refractivity contribution is 5.76. The average molecular weight is 1060 g/mol. The van der Waals surface area contributed by atoms with Crippen LogP contribution in [0.4, 0.5) is 0 Å². The zero-order valence-electron chi connectivity index (χ0n) is 47.4. The van der Waals surface area contributed by atoms with Gasteiger partial charge in [-0.15, -0.1) is 0 Å². The molecule has 0 aromatic carbocycles. The van der Waals surface area contributed by atoms with Crippen LogP contribution in [-0.4, -0.2) is 140 Å². The predicted molar refractivity (Wildman–Crippen MR) is 296 cm³/mol. The fourth-order valence-corrected chi connectivity index (χ4v) is 10.8. The van der Waals surface area contributed by atoms with E-state index in [0.717, 1.165) is 51.4 Å². The van der Waals surface area contributed by atoms with Crippen molar-refractivity contribution in [3.05, 3.63) is 0 Å². The van der Waals surface area contributed by atoms with Crippen LogP contribution in [0.1, 0.15) is 284 Å². The maximum atomic E-state index is 13.3. The van der Waals surface area contributed by atoms with Gasteiger partial charge in [-0.3, -0.25) is 4.79 Å². The molecule has 0 aromatic heterocycles. The molecule has 0 aliphatic carbocycles. The first kappa shape index (κ1) is 69.1. The quantitative estimate of drug-likeness (QED) is 0.0259. The molecule has 2 aliphatic rings. The molecule has 0 radical (unpaired) electrons. The monoisotopic (exact) mass is 1060 g/mol. The fourth-order valence-electron chi connectivity index (χ4n) is 10.8. The van der Waals surface area contributed by atoms with Crippen molar-refractivity contribution in [3.63, 3.8) is 0 Å². The second kappa shape index (κ2) is 46.9. The number of aliphatic hydroxyl groups excluding tert-OH is 8. The third-order valence-electron chi connectivity index (χ3n) is 15.8. The van der Waals surface area contributed by atoms with E-state index in [1.807, 2.05) is 0 Å². The number of ether oxygens (including phenoxy) is 4. The molecule has 12 unspecified atom stereocenters. The van der Waals surface area contributed by atoms with Gasteiger partial charge in [-0.2, -0.15) is 0 Å². The van der Waals surface area contributed by atoms with Crippen molar-refractivity contribution in [3.8, 4) is 0 Å². The highest BCUT2D eigenvalue weighted by atomic mass is 16.7. The highest BCUT2D eigenvalue weighted by Crippen LogP contribution is 2.30. The van der Waals surface area contributed by atoms with Gasteiger partial charge in [0.25, 0.3) is 0 Å². The van der Waals surface area contributed by atoms with Crippen molar-refractivity contribution in [1.82, 2.24) is 5.32 Å². The summed E-state index contributed by atoms with van der Waals surface area (Å²) in [6, 6.07) is -0.822. The molecular formula is C60H117NO13. The Kier molecular flexibility index (Phi) is 43.8. The summed E-state index contributed by atoms with van der Waals surface area (Å²) in [5.41, 5.74) is 0. The SMILES string of the molecule is CCCCCCCCCCCCCCCCCCCCCCCCCCCCC(=O)NC(COC1OC(CO)C(OC2OC(CO)C(O)C(O)C2O)C(O)C1O)C(O)CCCCCCCCCCCCCCCC. The average Bonchev–Trinajstić information content (AvgIpc) is 3.40. The van der Waals surface area contributed by atoms with Crippen molar-refractivity contribution in [2.75, 3.05) is 19.8 Å². The smallest absolute Gasteiger partial charge is 0.220 e. The van der Waals surface area contributed by atoms with Gasteiger partial charge in [0.1, 0.15) is 48.8 Å². The summed E-state index contributed by atoms with van der Waals surface area (Å²) < 4.78 is 22.8. The predicted octanol–water partition coefficient (Wildman–Crippen LogP) is 10.9. The number of unbranched alkanes of at least 4 members (excludes halogenated alkanes) is 38. The van der Waals surface area contributed by atoms with Gasteiger partial charge in [0.05, 0.1) is 32.0 Å². The zero-order valence-corrected chi connectivity index (χ0v) is 47.4. The van der Waals surface area contributed by atoms with Gasteiger partial charge >= 0.3 is 0 Å². The van der Waals surface area contributed by atoms with Crippen LogP contribution in [0.3, 0.4) is 0 Å². The van der Waals surface area contributed by atoms with Crippen molar-refractivity contribution in [1.29, 1.82) is 0 Å². The zero-order chi connectivity index (χ0) is 53.9. The Labute approximate surface area is 451 Å². The van der Waals surface area contributed by atoms with E-state index in [0.29, 0.717) is 12.8 Å². The maximum Gasteiger partial charge on any atom is 0.220 e. The van der Waals surface area contributed by atoms with E-state index in [1.54, 1.807) is 0 Å². The molecule has 2 aliphatic heterocycles. The molecule has 0 bridgehead atoms. The van der Waals surface area contributed by atoms with Crippen LogP contribution >= 0.6 is 0 Å². The van der Waals surface area contributed by atoms with Crippen molar-refractivity contribution >= 4 is 5.91 Å². The number of hydrogen-bond donors (Lipinski definition) is 9. The van der Waals surface area contributed by atoms with E-state index < -0.39 is 86.8 Å². The lowest BCUT2D eigenvalue weighted by atomic mass is 9.97. The number of rotatable bonds is 51. The molecule has 1 amide bonds. The minimum Gasteiger partial charge on any atom is -0.394 e. The lowest BCUT2D eigenvalue weighted by Crippen LogP contribution is -2.65. The highest BCUT2D eigenvalue weighted by Gasteiger charge is 2.51. The van der Waals surface area contributed by atoms with Gasteiger partial charge in [-0.05, 0) is 12.8 Å². The molecule has 12 atom stereocenters. The van der Waals surface area contributed by atoms with Crippen LogP contribution in [-0.2, 0) is 23.7 Å². The number of carbonyl (C=O) groups excluding carboxylic acids is 1. The van der Waals surface area contributed by atoms with Crippen LogP contribution in [0.15, 0.2) is 0 Å². The second-order valence-electron chi connectivity index (χ2n) is 22.6. The van der Waals surface area contributed by atoms with Gasteiger partial charge < -0.3 is 65.1 Å². The van der Waals surface area contributed by atoms with Gasteiger partial charge in [-0.1, -0.05) is 264 Å². The van der Waals surface area contributed by atoms with Crippen LogP contribution in [0.5, 0.6) is 0 Å². The number of hydrogen-bond acceptors (Lipinski definition) is 13. The number of nitrogens with one attached hydrogen (secondary N) is 1. The lowest BCUT2D eigenvalue weighted by molar-refractivity contribution is -0.359. The summed E-state index contributed by atoms with van der Waals surface area (Å²) in [7, 11) is 0. The summed E-state index contributed by atoms with van der Waals surface area (Å²) >= 11 is 0. The van der Waals surface area contributed by atoms with Crippen LogP contribution < -0.4 is 5.32 Å². The van der Waals surface area contributed by atoms with E-state index in [-0.39, 0.29) is 12.5 Å². The number of carbonyl (C=O) groups is 1. The molecule has 0 spiro atoms. The Morgan fingerprint density at radius 1 is 0.432 bits per heavy atom. The number of aliphatic hydroxyl groups is 8. The molecule has 0 aromatic rings. The number of amides is 1. The first-order chi connectivity index (χ1) is 36.1. The molecule has 2 saturated heterocycles. The van der Waals surface area contributed by atoms with Crippen LogP contribution in [0.25, 0.3) is 0 Å². The minimum atomic E-state index is -1.78. The van der Waals surface area contributed by atoms with E-state index >= 15 is 0 Å². The molecule has 2 heterocycles. The largest absolute Gasteiger partial charge is 0.394 e. The summed E-state index contributed by atoms with van der Waals surface area (Å²) in [6.45, 7) is 2.90. The van der Waals surface area contributed by atoms with Crippen LogP contribution in [0, 0.1) is 0 Å². The third-order valence-corrected chi connectivity index (χ3v) is 15.8. The molecule has 2 rings (SSSR count). The molecule has 14 nitrogen and oxygen atoms in total. The molecule has 74 heavy (non-hydrogen) atoms. The summed E-state index contributed by atoms with van der Waals surface area (Å²) in [6.07, 6.45) is 35.4. The van der Waals surface area contributed by atoms with E-state index in [9.17, 15) is 45.6 Å². The van der Waals surface area contributed by atoms with Gasteiger partial charge in [0.15, 0.2) is 12.6 Å². The molecular weight excluding hydrogens is 943 g/mol. The molecule has 9 N–H and O–H groups in total. The topological polar surface area (TPSA) is 228 Å². The first-order valence-corrected chi connectivity index (χ1v) is 31.3. The molecule has 2 fully saturated rings. The fraction of sp³-hybridized carbons (Fsp3) is 0.983. The second-order valence-corrected chi connectivity index (χ2v) is 22.6. The standard InChI is InChI=1S/C60H117NO13/c1-3-5-7-9-11-13-15-17-19-20-21-22-23-24-25-26-27-28-29-30-32-34-36-38-40-42-44-52(65)61-48(49(64)43-41-39-37-35-33-31-18-16-14-12-10-8-6-4-2)47-71-59-57(70)55(68)58(51(46-63)73-59)74-60-56(69)54(67)53(66)50(45-62)72-60/h48-51,53-60,62-64,66-70H,3-47H2,1-2H3,(H,61,65). The Morgan fingerprint density at radius 3 is 1.15 bits per heavy atom. The summed E-state index contributed by atoms with van der Waals surface area (Å²) in [5.74, 6) is -0.200. The Hall–Kier alpha value is -1.01. The van der Waals surface area contributed by atoms with E-state index in [1.165, 1.54) is 205 Å². The maximum absolute atomic E-state index is 13.3. The molecule has 0 saturated carbocycles. The Balaban J connectivity index is 1.68. The van der Waals surface area contributed by atoms with Crippen molar-refractivity contribution in [2.45, 2.75) is 357 Å². The van der Waals surface area contributed by atoms with Gasteiger partial charge in [-0.25, -0.2) is 0 Å². The van der Waals surface area contributed by atoms with E-state index in [4.69, 9.17) is 18.9 Å². The Morgan fingerprint density at radius 2 is 0.770 bits per heavy atom. The van der Waals surface area contributed by atoms with Crippen molar-refractivity contribution < 1.29 is 64.6 Å². The Bertz CT molecular complexity index is 1250. The normalized spacial score (nSPS) is 25.1. The first-order valence-electron chi connectivity index (χ1n) is 31.3. The van der Waals surface area contributed by atoms with Gasteiger partial charge in [0.2, 0.25) is 5.91 Å². The lowest BCUT2D eigenvalue weighted by Gasteiger charge is -2.46. The molecule has 440 valence electrons. The van der Waals surface area contributed by atoms with Crippen LogP contribution in [0.2, 0.25) is 0 Å².